The van der Waals surface area contributed by atoms with Crippen molar-refractivity contribution in [2.75, 3.05) is 39.5 Å². The zero-order valence-corrected chi connectivity index (χ0v) is 14.3. The van der Waals surface area contributed by atoms with E-state index in [0.717, 1.165) is 38.3 Å². The number of rotatable bonds is 8. The number of piperazine rings is 1. The van der Waals surface area contributed by atoms with Gasteiger partial charge in [0.05, 0.1) is 6.61 Å². The van der Waals surface area contributed by atoms with E-state index < -0.39 is 0 Å². The average Bonchev–Trinajstić information content (AvgIpc) is 2.53. The number of benzene rings is 1. The average molecular weight is 322 g/mol. The van der Waals surface area contributed by atoms with Gasteiger partial charge in [-0.25, -0.2) is 0 Å². The molecule has 1 aromatic rings. The summed E-state index contributed by atoms with van der Waals surface area (Å²) in [7, 11) is 0. The molecular formula is C18H30N2O3. The smallest absolute Gasteiger partial charge is 0.119 e. The fourth-order valence-electron chi connectivity index (χ4n) is 3.32. The fraction of sp³-hybridized carbons (Fsp3) is 0.667. The van der Waals surface area contributed by atoms with Gasteiger partial charge < -0.3 is 14.9 Å². The third-order valence-electron chi connectivity index (χ3n) is 4.40. The zero-order chi connectivity index (χ0) is 16.7. The van der Waals surface area contributed by atoms with Crippen LogP contribution in [-0.4, -0.2) is 71.6 Å². The molecule has 1 aliphatic heterocycles. The van der Waals surface area contributed by atoms with E-state index in [4.69, 9.17) is 9.84 Å². The summed E-state index contributed by atoms with van der Waals surface area (Å²) < 4.78 is 5.48. The Bertz CT molecular complexity index is 467. The minimum absolute atomic E-state index is 0.0320. The molecule has 1 saturated heterocycles. The third-order valence-corrected chi connectivity index (χ3v) is 4.40. The first-order valence-electron chi connectivity index (χ1n) is 8.55. The molecule has 0 amide bonds. The standard InChI is InChI=1S/C18H30N2O3/c1-15(2)20-8-7-19(14-17(20)6-9-21)13-16-4-3-5-18(12-16)23-11-10-22/h3-5,12,15,17,21-22H,6-11,13-14H2,1-2H3/t17-/m1/s1. The number of ether oxygens (including phenoxy) is 1. The fourth-order valence-corrected chi connectivity index (χ4v) is 3.32. The summed E-state index contributed by atoms with van der Waals surface area (Å²) in [6.45, 7) is 9.02. The van der Waals surface area contributed by atoms with E-state index in [-0.39, 0.29) is 13.2 Å². The van der Waals surface area contributed by atoms with Crippen LogP contribution in [0.1, 0.15) is 25.8 Å². The van der Waals surface area contributed by atoms with Crippen molar-refractivity contribution in [1.82, 2.24) is 9.80 Å². The summed E-state index contributed by atoms with van der Waals surface area (Å²) in [4.78, 5) is 4.94. The molecule has 0 spiro atoms. The second-order valence-corrected chi connectivity index (χ2v) is 6.45. The van der Waals surface area contributed by atoms with E-state index in [1.165, 1.54) is 5.56 Å². The van der Waals surface area contributed by atoms with Gasteiger partial charge in [-0.2, -0.15) is 0 Å². The maximum Gasteiger partial charge on any atom is 0.119 e. The number of hydrogen-bond donors (Lipinski definition) is 2. The Morgan fingerprint density at radius 2 is 2.04 bits per heavy atom. The second kappa shape index (κ2) is 9.23. The SMILES string of the molecule is CC(C)N1CCN(Cc2cccc(OCCO)c2)C[C@H]1CCO. The lowest BCUT2D eigenvalue weighted by atomic mass is 10.1. The molecule has 0 radical (unpaired) electrons. The molecular weight excluding hydrogens is 292 g/mol. The zero-order valence-electron chi connectivity index (χ0n) is 14.3. The highest BCUT2D eigenvalue weighted by Crippen LogP contribution is 2.20. The largest absolute Gasteiger partial charge is 0.491 e. The quantitative estimate of drug-likeness (QED) is 0.756. The molecule has 0 unspecified atom stereocenters. The molecule has 0 saturated carbocycles. The molecule has 5 heteroatoms. The number of hydrogen-bond acceptors (Lipinski definition) is 5. The van der Waals surface area contributed by atoms with Crippen molar-refractivity contribution < 1.29 is 14.9 Å². The summed E-state index contributed by atoms with van der Waals surface area (Å²) in [5.74, 6) is 0.810. The maximum atomic E-state index is 9.33. The van der Waals surface area contributed by atoms with Crippen LogP contribution in [0, 0.1) is 0 Å². The molecule has 23 heavy (non-hydrogen) atoms. The van der Waals surface area contributed by atoms with Crippen LogP contribution < -0.4 is 4.74 Å². The first-order chi connectivity index (χ1) is 11.1. The number of aliphatic hydroxyl groups is 2. The predicted molar refractivity (Wildman–Crippen MR) is 91.6 cm³/mol. The van der Waals surface area contributed by atoms with Gasteiger partial charge in [-0.15, -0.1) is 0 Å². The minimum atomic E-state index is 0.0320. The molecule has 0 aliphatic carbocycles. The summed E-state index contributed by atoms with van der Waals surface area (Å²) in [6.07, 6.45) is 0.828. The Balaban J connectivity index is 1.95. The van der Waals surface area contributed by atoms with Crippen molar-refractivity contribution in [3.8, 4) is 5.75 Å². The Morgan fingerprint density at radius 1 is 1.22 bits per heavy atom. The first-order valence-corrected chi connectivity index (χ1v) is 8.55. The van der Waals surface area contributed by atoms with Gasteiger partial charge in [0.2, 0.25) is 0 Å². The van der Waals surface area contributed by atoms with Crippen molar-refractivity contribution >= 4 is 0 Å². The molecule has 1 heterocycles. The molecule has 2 N–H and O–H groups in total. The van der Waals surface area contributed by atoms with Crippen molar-refractivity contribution in [3.05, 3.63) is 29.8 Å². The monoisotopic (exact) mass is 322 g/mol. The maximum absolute atomic E-state index is 9.33. The topological polar surface area (TPSA) is 56.2 Å². The lowest BCUT2D eigenvalue weighted by Crippen LogP contribution is -2.55. The summed E-state index contributed by atoms with van der Waals surface area (Å²) in [6, 6.07) is 9.02. The first kappa shape index (κ1) is 18.2. The molecule has 130 valence electrons. The molecule has 1 aliphatic rings. The highest BCUT2D eigenvalue weighted by molar-refractivity contribution is 5.28. The van der Waals surface area contributed by atoms with E-state index in [0.29, 0.717) is 18.7 Å². The summed E-state index contributed by atoms with van der Waals surface area (Å²) in [5.41, 5.74) is 1.22. The van der Waals surface area contributed by atoms with Crippen molar-refractivity contribution in [1.29, 1.82) is 0 Å². The van der Waals surface area contributed by atoms with E-state index in [1.807, 2.05) is 18.2 Å². The van der Waals surface area contributed by atoms with E-state index in [9.17, 15) is 5.11 Å². The van der Waals surface area contributed by atoms with Crippen LogP contribution in [0.3, 0.4) is 0 Å². The van der Waals surface area contributed by atoms with Gasteiger partial charge in [-0.05, 0) is 38.0 Å². The van der Waals surface area contributed by atoms with Crippen LogP contribution in [0.2, 0.25) is 0 Å². The van der Waals surface area contributed by atoms with Gasteiger partial charge in [0.25, 0.3) is 0 Å². The third kappa shape index (κ3) is 5.46. The molecule has 1 aromatic carbocycles. The van der Waals surface area contributed by atoms with Gasteiger partial charge in [0, 0.05) is 44.9 Å². The Morgan fingerprint density at radius 3 is 2.74 bits per heavy atom. The van der Waals surface area contributed by atoms with Crippen LogP contribution in [-0.2, 0) is 6.54 Å². The van der Waals surface area contributed by atoms with Crippen LogP contribution >= 0.6 is 0 Å². The molecule has 5 nitrogen and oxygen atoms in total. The van der Waals surface area contributed by atoms with Gasteiger partial charge in [0.1, 0.15) is 12.4 Å². The highest BCUT2D eigenvalue weighted by Gasteiger charge is 2.28. The van der Waals surface area contributed by atoms with Crippen LogP contribution in [0.4, 0.5) is 0 Å². The lowest BCUT2D eigenvalue weighted by molar-refractivity contribution is 0.0349. The Kier molecular flexibility index (Phi) is 7.30. The van der Waals surface area contributed by atoms with Crippen molar-refractivity contribution in [3.63, 3.8) is 0 Å². The molecule has 2 rings (SSSR count). The van der Waals surface area contributed by atoms with E-state index >= 15 is 0 Å². The second-order valence-electron chi connectivity index (χ2n) is 6.45. The van der Waals surface area contributed by atoms with Gasteiger partial charge in [-0.3, -0.25) is 9.80 Å². The summed E-state index contributed by atoms with van der Waals surface area (Å²) >= 11 is 0. The van der Waals surface area contributed by atoms with Crippen molar-refractivity contribution in [2.24, 2.45) is 0 Å². The van der Waals surface area contributed by atoms with Crippen LogP contribution in [0.5, 0.6) is 5.75 Å². The van der Waals surface area contributed by atoms with Crippen LogP contribution in [0.15, 0.2) is 24.3 Å². The van der Waals surface area contributed by atoms with Gasteiger partial charge in [0.15, 0.2) is 0 Å². The van der Waals surface area contributed by atoms with Crippen molar-refractivity contribution in [2.45, 2.75) is 38.9 Å². The predicted octanol–water partition coefficient (Wildman–Crippen LogP) is 1.33. The van der Waals surface area contributed by atoms with E-state index in [2.05, 4.69) is 29.7 Å². The summed E-state index contributed by atoms with van der Waals surface area (Å²) in [5, 5.41) is 18.2. The Labute approximate surface area is 139 Å². The molecule has 0 bridgehead atoms. The lowest BCUT2D eigenvalue weighted by Gasteiger charge is -2.43. The molecule has 1 fully saturated rings. The molecule has 0 aromatic heterocycles. The van der Waals surface area contributed by atoms with Gasteiger partial charge in [-0.1, -0.05) is 12.1 Å². The molecule has 1 atom stereocenters. The number of aliphatic hydroxyl groups excluding tert-OH is 2. The Hall–Kier alpha value is -1.14. The number of nitrogens with zero attached hydrogens (tertiary/aromatic N) is 2. The highest BCUT2D eigenvalue weighted by atomic mass is 16.5. The van der Waals surface area contributed by atoms with Gasteiger partial charge >= 0.3 is 0 Å². The normalized spacial score (nSPS) is 20.1. The minimum Gasteiger partial charge on any atom is -0.491 e. The van der Waals surface area contributed by atoms with E-state index in [1.54, 1.807) is 0 Å². The van der Waals surface area contributed by atoms with Crippen LogP contribution in [0.25, 0.3) is 0 Å².